The molecule has 0 saturated carbocycles. The average molecular weight is 334 g/mol. The maximum atomic E-state index is 5.31. The molecule has 0 bridgehead atoms. The van der Waals surface area contributed by atoms with E-state index in [0.717, 1.165) is 41.6 Å². The van der Waals surface area contributed by atoms with Crippen molar-refractivity contribution in [1.29, 1.82) is 0 Å². The van der Waals surface area contributed by atoms with Crippen molar-refractivity contribution >= 4 is 11.5 Å². The lowest BCUT2D eigenvalue weighted by atomic mass is 10.1. The maximum Gasteiger partial charge on any atom is 0.154 e. The number of nitrogens with zero attached hydrogens (tertiary/aromatic N) is 5. The predicted octanol–water partition coefficient (Wildman–Crippen LogP) is 2.71. The fourth-order valence-corrected chi connectivity index (χ4v) is 2.68. The van der Waals surface area contributed by atoms with Crippen molar-refractivity contribution in [3.8, 4) is 17.0 Å². The van der Waals surface area contributed by atoms with Gasteiger partial charge in [-0.2, -0.15) is 5.10 Å². The first-order valence-corrected chi connectivity index (χ1v) is 8.04. The fraction of sp³-hybridized carbons (Fsp3) is 0.167. The van der Waals surface area contributed by atoms with Crippen LogP contribution in [0.25, 0.3) is 16.9 Å². The number of benzene rings is 1. The van der Waals surface area contributed by atoms with Gasteiger partial charge in [0.15, 0.2) is 5.65 Å². The number of aromatic nitrogens is 5. The van der Waals surface area contributed by atoms with Gasteiger partial charge in [-0.3, -0.25) is 4.68 Å². The van der Waals surface area contributed by atoms with Crippen LogP contribution in [0.2, 0.25) is 0 Å². The molecule has 126 valence electrons. The van der Waals surface area contributed by atoms with Crippen LogP contribution in [0, 0.1) is 0 Å². The molecule has 25 heavy (non-hydrogen) atoms. The van der Waals surface area contributed by atoms with Crippen LogP contribution in [-0.4, -0.2) is 38.0 Å². The summed E-state index contributed by atoms with van der Waals surface area (Å²) in [5, 5.41) is 12.2. The van der Waals surface area contributed by atoms with Crippen LogP contribution in [0.15, 0.2) is 61.1 Å². The van der Waals surface area contributed by atoms with Crippen LogP contribution in [-0.2, 0) is 6.54 Å². The van der Waals surface area contributed by atoms with Gasteiger partial charge in [0.25, 0.3) is 0 Å². The van der Waals surface area contributed by atoms with Crippen molar-refractivity contribution in [2.75, 3.05) is 19.0 Å². The first-order valence-electron chi connectivity index (χ1n) is 8.04. The van der Waals surface area contributed by atoms with E-state index in [2.05, 4.69) is 20.5 Å². The van der Waals surface area contributed by atoms with Crippen molar-refractivity contribution in [3.63, 3.8) is 0 Å². The zero-order chi connectivity index (χ0) is 17.1. The van der Waals surface area contributed by atoms with Crippen LogP contribution >= 0.6 is 0 Å². The Balaban J connectivity index is 1.58. The van der Waals surface area contributed by atoms with E-state index in [0.29, 0.717) is 0 Å². The zero-order valence-corrected chi connectivity index (χ0v) is 13.8. The molecule has 7 nitrogen and oxygen atoms in total. The summed E-state index contributed by atoms with van der Waals surface area (Å²) in [5.74, 6) is 1.60. The lowest BCUT2D eigenvalue weighted by molar-refractivity contribution is 0.415. The number of imidazole rings is 1. The molecule has 0 unspecified atom stereocenters. The Morgan fingerprint density at radius 1 is 1.16 bits per heavy atom. The normalized spacial score (nSPS) is 10.9. The van der Waals surface area contributed by atoms with Crippen LogP contribution in [0.3, 0.4) is 0 Å². The summed E-state index contributed by atoms with van der Waals surface area (Å²) in [6.07, 6.45) is 5.54. The van der Waals surface area contributed by atoms with Gasteiger partial charge in [0, 0.05) is 24.5 Å². The number of nitrogens with one attached hydrogen (secondary N) is 1. The summed E-state index contributed by atoms with van der Waals surface area (Å²) < 4.78 is 9.02. The molecule has 7 heteroatoms. The Bertz CT molecular complexity index is 976. The summed E-state index contributed by atoms with van der Waals surface area (Å²) in [6.45, 7) is 1.52. The van der Waals surface area contributed by atoms with Gasteiger partial charge in [0.05, 0.1) is 25.5 Å². The van der Waals surface area contributed by atoms with Gasteiger partial charge < -0.3 is 10.1 Å². The Morgan fingerprint density at radius 3 is 2.96 bits per heavy atom. The van der Waals surface area contributed by atoms with Crippen LogP contribution in [0.4, 0.5) is 5.82 Å². The van der Waals surface area contributed by atoms with Crippen LogP contribution < -0.4 is 10.1 Å². The van der Waals surface area contributed by atoms with Crippen molar-refractivity contribution in [2.24, 2.45) is 0 Å². The molecule has 1 aromatic carbocycles. The molecule has 0 saturated heterocycles. The number of hydrogen-bond acceptors (Lipinski definition) is 5. The standard InChI is InChI=1S/C18H18N6O/c1-25-15-5-2-4-14(12-15)16-13-20-18-7-6-17(22-24(16)18)19-9-11-23-10-3-8-21-23/h2-8,10,12-13H,9,11H2,1H3,(H,19,22). The molecule has 0 amide bonds. The summed E-state index contributed by atoms with van der Waals surface area (Å²) in [4.78, 5) is 4.43. The molecule has 0 atom stereocenters. The third-order valence-corrected chi connectivity index (χ3v) is 3.93. The maximum absolute atomic E-state index is 5.31. The molecule has 0 aliphatic rings. The fourth-order valence-electron chi connectivity index (χ4n) is 2.68. The van der Waals surface area contributed by atoms with Gasteiger partial charge in [-0.15, -0.1) is 5.10 Å². The summed E-state index contributed by atoms with van der Waals surface area (Å²) in [5.41, 5.74) is 2.73. The first-order chi connectivity index (χ1) is 12.3. The second kappa shape index (κ2) is 6.64. The summed E-state index contributed by atoms with van der Waals surface area (Å²) >= 11 is 0. The Kier molecular flexibility index (Phi) is 4.04. The average Bonchev–Trinajstić information content (AvgIpc) is 3.31. The van der Waals surface area contributed by atoms with Gasteiger partial charge in [0.2, 0.25) is 0 Å². The van der Waals surface area contributed by atoms with E-state index >= 15 is 0 Å². The van der Waals surface area contributed by atoms with E-state index in [1.165, 1.54) is 0 Å². The predicted molar refractivity (Wildman–Crippen MR) is 95.7 cm³/mol. The molecule has 0 fully saturated rings. The smallest absolute Gasteiger partial charge is 0.154 e. The highest BCUT2D eigenvalue weighted by Gasteiger charge is 2.09. The highest BCUT2D eigenvalue weighted by atomic mass is 16.5. The van der Waals surface area contributed by atoms with Crippen molar-refractivity contribution in [3.05, 3.63) is 61.1 Å². The molecule has 1 N–H and O–H groups in total. The quantitative estimate of drug-likeness (QED) is 0.587. The molecule has 0 spiro atoms. The third-order valence-electron chi connectivity index (χ3n) is 3.93. The topological polar surface area (TPSA) is 69.3 Å². The Morgan fingerprint density at radius 2 is 2.12 bits per heavy atom. The molecule has 3 heterocycles. The minimum absolute atomic E-state index is 0.739. The summed E-state index contributed by atoms with van der Waals surface area (Å²) in [7, 11) is 1.66. The number of fused-ring (bicyclic) bond motifs is 1. The molecular formula is C18H18N6O. The molecular weight excluding hydrogens is 316 g/mol. The van der Waals surface area contributed by atoms with Gasteiger partial charge in [0.1, 0.15) is 11.6 Å². The Labute approximate surface area is 144 Å². The molecule has 3 aromatic heterocycles. The van der Waals surface area contributed by atoms with E-state index in [1.807, 2.05) is 64.1 Å². The second-order valence-corrected chi connectivity index (χ2v) is 5.56. The minimum atomic E-state index is 0.739. The van der Waals surface area contributed by atoms with Crippen molar-refractivity contribution in [2.45, 2.75) is 6.54 Å². The molecule has 0 aliphatic carbocycles. The van der Waals surface area contributed by atoms with E-state index in [1.54, 1.807) is 13.3 Å². The number of anilines is 1. The lowest BCUT2D eigenvalue weighted by Gasteiger charge is -2.08. The SMILES string of the molecule is COc1cccc(-c2cnc3ccc(NCCn4cccn4)nn23)c1. The number of hydrogen-bond donors (Lipinski definition) is 1. The van der Waals surface area contributed by atoms with Gasteiger partial charge >= 0.3 is 0 Å². The number of rotatable bonds is 6. The van der Waals surface area contributed by atoms with E-state index < -0.39 is 0 Å². The largest absolute Gasteiger partial charge is 0.497 e. The Hall–Kier alpha value is -3.35. The second-order valence-electron chi connectivity index (χ2n) is 5.56. The molecule has 4 aromatic rings. The van der Waals surface area contributed by atoms with E-state index in [-0.39, 0.29) is 0 Å². The van der Waals surface area contributed by atoms with E-state index in [9.17, 15) is 0 Å². The van der Waals surface area contributed by atoms with E-state index in [4.69, 9.17) is 4.74 Å². The van der Waals surface area contributed by atoms with Crippen LogP contribution in [0.5, 0.6) is 5.75 Å². The van der Waals surface area contributed by atoms with Gasteiger partial charge in [-0.1, -0.05) is 12.1 Å². The first kappa shape index (κ1) is 15.2. The lowest BCUT2D eigenvalue weighted by Crippen LogP contribution is -2.12. The number of methoxy groups -OCH3 is 1. The number of ether oxygens (including phenoxy) is 1. The van der Waals surface area contributed by atoms with Crippen LogP contribution in [0.1, 0.15) is 0 Å². The molecule has 4 rings (SSSR count). The zero-order valence-electron chi connectivity index (χ0n) is 13.8. The highest BCUT2D eigenvalue weighted by Crippen LogP contribution is 2.24. The summed E-state index contributed by atoms with van der Waals surface area (Å²) in [6, 6.07) is 13.7. The van der Waals surface area contributed by atoms with Crippen molar-refractivity contribution < 1.29 is 4.74 Å². The molecule has 0 aliphatic heterocycles. The van der Waals surface area contributed by atoms with Crippen molar-refractivity contribution in [1.82, 2.24) is 24.4 Å². The van der Waals surface area contributed by atoms with Gasteiger partial charge in [-0.05, 0) is 30.3 Å². The molecule has 0 radical (unpaired) electrons. The third kappa shape index (κ3) is 3.16. The van der Waals surface area contributed by atoms with Gasteiger partial charge in [-0.25, -0.2) is 9.50 Å². The minimum Gasteiger partial charge on any atom is -0.497 e. The monoisotopic (exact) mass is 334 g/mol. The highest BCUT2D eigenvalue weighted by molar-refractivity contribution is 5.65.